The highest BCUT2D eigenvalue weighted by Gasteiger charge is 2.43. The molecule has 1 saturated carbocycles. The summed E-state index contributed by atoms with van der Waals surface area (Å²) in [7, 11) is 0. The van der Waals surface area contributed by atoms with Crippen LogP contribution < -0.4 is 11.1 Å². The highest BCUT2D eigenvalue weighted by molar-refractivity contribution is 6.06. The Bertz CT molecular complexity index is 521. The molecule has 21 heavy (non-hydrogen) atoms. The maximum absolute atomic E-state index is 12.5. The molecule has 7 heteroatoms. The number of carbonyl (C=O) groups is 1. The third-order valence-electron chi connectivity index (χ3n) is 4.00. The number of amides is 1. The maximum Gasteiger partial charge on any atom is 0.234 e. The van der Waals surface area contributed by atoms with Gasteiger partial charge in [0.15, 0.2) is 5.84 Å². The summed E-state index contributed by atoms with van der Waals surface area (Å²) in [5.74, 6) is -0.213. The topological polar surface area (TPSA) is 113 Å². The lowest BCUT2D eigenvalue weighted by Crippen LogP contribution is -2.50. The Kier molecular flexibility index (Phi) is 4.72. The summed E-state index contributed by atoms with van der Waals surface area (Å²) >= 11 is 0. The number of hydrogen-bond donors (Lipinski definition) is 3. The second kappa shape index (κ2) is 6.51. The molecular formula is C14H21N5O2. The summed E-state index contributed by atoms with van der Waals surface area (Å²) in [4.78, 5) is 20.9. The van der Waals surface area contributed by atoms with E-state index in [1.165, 1.54) is 0 Å². The van der Waals surface area contributed by atoms with E-state index >= 15 is 0 Å². The molecule has 1 aliphatic carbocycles. The Labute approximate surface area is 123 Å². The van der Waals surface area contributed by atoms with E-state index < -0.39 is 5.41 Å². The van der Waals surface area contributed by atoms with Gasteiger partial charge in [-0.3, -0.25) is 14.8 Å². The molecule has 0 unspecified atom stereocenters. The predicted octanol–water partition coefficient (Wildman–Crippen LogP) is 1.10. The summed E-state index contributed by atoms with van der Waals surface area (Å²) in [5.41, 5.74) is 6.39. The minimum absolute atomic E-state index is 0.00492. The summed E-state index contributed by atoms with van der Waals surface area (Å²) in [6.07, 6.45) is 7.36. The van der Waals surface area contributed by atoms with Gasteiger partial charge >= 0.3 is 0 Å². The number of aromatic nitrogens is 2. The van der Waals surface area contributed by atoms with Crippen molar-refractivity contribution in [2.45, 2.75) is 45.6 Å². The van der Waals surface area contributed by atoms with Crippen molar-refractivity contribution in [3.8, 4) is 0 Å². The molecule has 1 aliphatic rings. The molecular weight excluding hydrogens is 270 g/mol. The van der Waals surface area contributed by atoms with Crippen LogP contribution >= 0.6 is 0 Å². The van der Waals surface area contributed by atoms with Crippen LogP contribution in [0, 0.1) is 12.3 Å². The third-order valence-corrected chi connectivity index (χ3v) is 4.00. The molecule has 7 nitrogen and oxygen atoms in total. The SMILES string of the molecule is Cc1cnc(CNC(=O)C2(C(N)=NO)CCCCC2)cn1. The third kappa shape index (κ3) is 3.29. The molecule has 1 amide bonds. The van der Waals surface area contributed by atoms with Gasteiger partial charge in [-0.2, -0.15) is 0 Å². The van der Waals surface area contributed by atoms with Crippen LogP contribution in [0.4, 0.5) is 0 Å². The van der Waals surface area contributed by atoms with Crippen LogP contribution in [0.3, 0.4) is 0 Å². The number of nitrogens with two attached hydrogens (primary N) is 1. The normalized spacial score (nSPS) is 18.2. The minimum Gasteiger partial charge on any atom is -0.409 e. The lowest BCUT2D eigenvalue weighted by molar-refractivity contribution is -0.129. The Morgan fingerprint density at radius 3 is 2.67 bits per heavy atom. The van der Waals surface area contributed by atoms with Gasteiger partial charge in [0, 0.05) is 6.20 Å². The molecule has 114 valence electrons. The van der Waals surface area contributed by atoms with E-state index in [0.717, 1.165) is 25.0 Å². The zero-order chi connectivity index (χ0) is 15.3. The zero-order valence-corrected chi connectivity index (χ0v) is 12.2. The molecule has 2 rings (SSSR count). The molecule has 0 saturated heterocycles. The quantitative estimate of drug-likeness (QED) is 0.333. The minimum atomic E-state index is -0.898. The van der Waals surface area contributed by atoms with Crippen LogP contribution in [0.5, 0.6) is 0 Å². The standard InChI is InChI=1S/C14H21N5O2/c1-10-7-17-11(8-16-10)9-18-13(20)14(12(15)19-21)5-3-2-4-6-14/h7-8,21H,2-6,9H2,1H3,(H2,15,19)(H,18,20). The van der Waals surface area contributed by atoms with Crippen LogP contribution in [0.15, 0.2) is 17.5 Å². The van der Waals surface area contributed by atoms with E-state index in [4.69, 9.17) is 10.9 Å². The van der Waals surface area contributed by atoms with Gasteiger partial charge in [0.1, 0.15) is 5.41 Å². The Balaban J connectivity index is 2.07. The van der Waals surface area contributed by atoms with Crippen molar-refractivity contribution in [2.75, 3.05) is 0 Å². The first kappa shape index (κ1) is 15.2. The first-order valence-corrected chi connectivity index (χ1v) is 7.12. The number of nitrogens with zero attached hydrogens (tertiary/aromatic N) is 3. The van der Waals surface area contributed by atoms with Crippen molar-refractivity contribution >= 4 is 11.7 Å². The van der Waals surface area contributed by atoms with Crippen molar-refractivity contribution in [2.24, 2.45) is 16.3 Å². The van der Waals surface area contributed by atoms with E-state index in [1.807, 2.05) is 6.92 Å². The summed E-state index contributed by atoms with van der Waals surface area (Å²) in [5, 5.41) is 14.9. The van der Waals surface area contributed by atoms with E-state index in [9.17, 15) is 4.79 Å². The van der Waals surface area contributed by atoms with Crippen molar-refractivity contribution in [1.82, 2.24) is 15.3 Å². The van der Waals surface area contributed by atoms with Gasteiger partial charge in [-0.25, -0.2) is 0 Å². The number of amidine groups is 1. The second-order valence-corrected chi connectivity index (χ2v) is 5.46. The molecule has 1 aromatic heterocycles. The molecule has 1 fully saturated rings. The number of rotatable bonds is 4. The Morgan fingerprint density at radius 1 is 1.38 bits per heavy atom. The number of carbonyl (C=O) groups excluding carboxylic acids is 1. The van der Waals surface area contributed by atoms with Gasteiger partial charge in [-0.1, -0.05) is 24.4 Å². The van der Waals surface area contributed by atoms with Gasteiger partial charge < -0.3 is 16.3 Å². The van der Waals surface area contributed by atoms with Gasteiger partial charge in [-0.05, 0) is 19.8 Å². The fourth-order valence-corrected chi connectivity index (χ4v) is 2.70. The van der Waals surface area contributed by atoms with Crippen LogP contribution in [-0.2, 0) is 11.3 Å². The van der Waals surface area contributed by atoms with Gasteiger partial charge in [0.2, 0.25) is 5.91 Å². The van der Waals surface area contributed by atoms with Crippen LogP contribution in [0.1, 0.15) is 43.5 Å². The van der Waals surface area contributed by atoms with E-state index in [2.05, 4.69) is 20.4 Å². The summed E-state index contributed by atoms with van der Waals surface area (Å²) < 4.78 is 0. The van der Waals surface area contributed by atoms with Gasteiger partial charge in [0.25, 0.3) is 0 Å². The molecule has 1 heterocycles. The number of hydrogen-bond acceptors (Lipinski definition) is 5. The average Bonchev–Trinajstić information content (AvgIpc) is 2.53. The van der Waals surface area contributed by atoms with Crippen molar-refractivity contribution in [3.63, 3.8) is 0 Å². The molecule has 0 aliphatic heterocycles. The fraction of sp³-hybridized carbons (Fsp3) is 0.571. The van der Waals surface area contributed by atoms with E-state index in [1.54, 1.807) is 12.4 Å². The maximum atomic E-state index is 12.5. The molecule has 0 aromatic carbocycles. The smallest absolute Gasteiger partial charge is 0.234 e. The molecule has 0 radical (unpaired) electrons. The van der Waals surface area contributed by atoms with E-state index in [0.29, 0.717) is 18.5 Å². The van der Waals surface area contributed by atoms with Crippen molar-refractivity contribution < 1.29 is 10.0 Å². The van der Waals surface area contributed by atoms with Crippen LogP contribution in [-0.4, -0.2) is 26.9 Å². The van der Waals surface area contributed by atoms with Crippen molar-refractivity contribution in [3.05, 3.63) is 23.8 Å². The molecule has 0 spiro atoms. The van der Waals surface area contributed by atoms with Crippen LogP contribution in [0.2, 0.25) is 0 Å². The molecule has 1 aromatic rings. The highest BCUT2D eigenvalue weighted by Crippen LogP contribution is 2.36. The summed E-state index contributed by atoms with van der Waals surface area (Å²) in [6.45, 7) is 2.14. The first-order chi connectivity index (χ1) is 10.1. The van der Waals surface area contributed by atoms with Crippen LogP contribution in [0.25, 0.3) is 0 Å². The fourth-order valence-electron chi connectivity index (χ4n) is 2.70. The average molecular weight is 291 g/mol. The van der Waals surface area contributed by atoms with E-state index in [-0.39, 0.29) is 18.3 Å². The van der Waals surface area contributed by atoms with Crippen molar-refractivity contribution in [1.29, 1.82) is 0 Å². The monoisotopic (exact) mass is 291 g/mol. The number of oxime groups is 1. The largest absolute Gasteiger partial charge is 0.409 e. The number of nitrogens with one attached hydrogen (secondary N) is 1. The molecule has 4 N–H and O–H groups in total. The Hall–Kier alpha value is -2.18. The van der Waals surface area contributed by atoms with Gasteiger partial charge in [-0.15, -0.1) is 0 Å². The number of aryl methyl sites for hydroxylation is 1. The Morgan fingerprint density at radius 2 is 2.10 bits per heavy atom. The summed E-state index contributed by atoms with van der Waals surface area (Å²) in [6, 6.07) is 0. The molecule has 0 bridgehead atoms. The zero-order valence-electron chi connectivity index (χ0n) is 12.2. The molecule has 0 atom stereocenters. The highest BCUT2D eigenvalue weighted by atomic mass is 16.4. The lowest BCUT2D eigenvalue weighted by Gasteiger charge is -2.34. The lowest BCUT2D eigenvalue weighted by atomic mass is 9.72. The van der Waals surface area contributed by atoms with Gasteiger partial charge in [0.05, 0.1) is 24.1 Å². The first-order valence-electron chi connectivity index (χ1n) is 7.12. The second-order valence-electron chi connectivity index (χ2n) is 5.46. The predicted molar refractivity (Wildman–Crippen MR) is 77.5 cm³/mol.